The van der Waals surface area contributed by atoms with E-state index in [4.69, 9.17) is 0 Å². The Morgan fingerprint density at radius 2 is 1.94 bits per heavy atom. The van der Waals surface area contributed by atoms with Gasteiger partial charge in [-0.05, 0) is 52.2 Å². The summed E-state index contributed by atoms with van der Waals surface area (Å²) in [5.41, 5.74) is 2.36. The van der Waals surface area contributed by atoms with Crippen molar-refractivity contribution in [3.05, 3.63) is 52.4 Å². The zero-order valence-electron chi connectivity index (χ0n) is 8.94. The standard InChI is InChI=1S/C12H12BrN3/c1-9-2-7-15-12(11(9)13)16-8-10-3-5-14-6-4-10/h2-7H,8H2,1H3,(H,15,16). The van der Waals surface area contributed by atoms with E-state index in [1.165, 1.54) is 11.1 Å². The molecule has 0 spiro atoms. The molecule has 0 atom stereocenters. The van der Waals surface area contributed by atoms with Crippen LogP contribution in [-0.2, 0) is 6.54 Å². The third-order valence-corrected chi connectivity index (χ3v) is 3.29. The molecule has 16 heavy (non-hydrogen) atoms. The first kappa shape index (κ1) is 11.1. The Balaban J connectivity index is 2.08. The third-order valence-electron chi connectivity index (χ3n) is 2.29. The first-order chi connectivity index (χ1) is 7.77. The molecule has 3 nitrogen and oxygen atoms in total. The van der Waals surface area contributed by atoms with Gasteiger partial charge in [0, 0.05) is 25.1 Å². The van der Waals surface area contributed by atoms with Gasteiger partial charge < -0.3 is 5.32 Å². The lowest BCUT2D eigenvalue weighted by molar-refractivity contribution is 1.09. The maximum Gasteiger partial charge on any atom is 0.140 e. The number of hydrogen-bond donors (Lipinski definition) is 1. The quantitative estimate of drug-likeness (QED) is 0.937. The highest BCUT2D eigenvalue weighted by Crippen LogP contribution is 2.23. The minimum absolute atomic E-state index is 0.748. The number of aryl methyl sites for hydroxylation is 1. The van der Waals surface area contributed by atoms with Crippen LogP contribution >= 0.6 is 15.9 Å². The van der Waals surface area contributed by atoms with Crippen LogP contribution in [0.2, 0.25) is 0 Å². The summed E-state index contributed by atoms with van der Waals surface area (Å²) in [5.74, 6) is 0.872. The number of aromatic nitrogens is 2. The fraction of sp³-hybridized carbons (Fsp3) is 0.167. The smallest absolute Gasteiger partial charge is 0.140 e. The van der Waals surface area contributed by atoms with Gasteiger partial charge in [-0.15, -0.1) is 0 Å². The van der Waals surface area contributed by atoms with Gasteiger partial charge in [0.2, 0.25) is 0 Å². The molecule has 0 aliphatic carbocycles. The van der Waals surface area contributed by atoms with E-state index in [2.05, 4.69) is 31.2 Å². The second-order valence-electron chi connectivity index (χ2n) is 3.50. The zero-order chi connectivity index (χ0) is 11.4. The van der Waals surface area contributed by atoms with E-state index >= 15 is 0 Å². The molecule has 2 rings (SSSR count). The van der Waals surface area contributed by atoms with Crippen LogP contribution in [0, 0.1) is 6.92 Å². The molecule has 0 unspecified atom stereocenters. The van der Waals surface area contributed by atoms with Crippen LogP contribution in [0.15, 0.2) is 41.3 Å². The fourth-order valence-corrected chi connectivity index (χ4v) is 1.72. The van der Waals surface area contributed by atoms with Gasteiger partial charge in [0.25, 0.3) is 0 Å². The monoisotopic (exact) mass is 277 g/mol. The van der Waals surface area contributed by atoms with E-state index < -0.39 is 0 Å². The minimum Gasteiger partial charge on any atom is -0.365 e. The normalized spacial score (nSPS) is 10.1. The minimum atomic E-state index is 0.748. The van der Waals surface area contributed by atoms with Crippen molar-refractivity contribution in [1.82, 2.24) is 9.97 Å². The van der Waals surface area contributed by atoms with Gasteiger partial charge in [-0.3, -0.25) is 4.98 Å². The average Bonchev–Trinajstić information content (AvgIpc) is 2.32. The maximum atomic E-state index is 4.28. The van der Waals surface area contributed by atoms with Crippen LogP contribution < -0.4 is 5.32 Å². The number of nitrogens with zero attached hydrogens (tertiary/aromatic N) is 2. The summed E-state index contributed by atoms with van der Waals surface area (Å²) in [5, 5.41) is 3.28. The summed E-state index contributed by atoms with van der Waals surface area (Å²) in [6, 6.07) is 5.94. The Hall–Kier alpha value is -1.42. The molecule has 0 saturated carbocycles. The highest BCUT2D eigenvalue weighted by molar-refractivity contribution is 9.10. The average molecular weight is 278 g/mol. The summed E-state index contributed by atoms with van der Waals surface area (Å²) in [6.45, 7) is 2.79. The van der Waals surface area contributed by atoms with Crippen molar-refractivity contribution in [1.29, 1.82) is 0 Å². The van der Waals surface area contributed by atoms with Crippen molar-refractivity contribution >= 4 is 21.7 Å². The van der Waals surface area contributed by atoms with Gasteiger partial charge in [-0.25, -0.2) is 4.98 Å². The van der Waals surface area contributed by atoms with E-state index in [9.17, 15) is 0 Å². The summed E-state index contributed by atoms with van der Waals surface area (Å²) < 4.78 is 1.02. The van der Waals surface area contributed by atoms with E-state index in [0.717, 1.165) is 16.8 Å². The van der Waals surface area contributed by atoms with Crippen LogP contribution in [0.4, 0.5) is 5.82 Å². The molecule has 2 heterocycles. The largest absolute Gasteiger partial charge is 0.365 e. The number of anilines is 1. The number of rotatable bonds is 3. The lowest BCUT2D eigenvalue weighted by Gasteiger charge is -2.08. The molecule has 0 saturated heterocycles. The van der Waals surface area contributed by atoms with Crippen LogP contribution in [0.5, 0.6) is 0 Å². The Labute approximate surface area is 103 Å². The molecule has 0 aromatic carbocycles. The van der Waals surface area contributed by atoms with Gasteiger partial charge in [0.15, 0.2) is 0 Å². The van der Waals surface area contributed by atoms with Crippen LogP contribution in [-0.4, -0.2) is 9.97 Å². The van der Waals surface area contributed by atoms with Gasteiger partial charge in [-0.1, -0.05) is 0 Å². The van der Waals surface area contributed by atoms with Crippen molar-refractivity contribution in [2.24, 2.45) is 0 Å². The zero-order valence-corrected chi connectivity index (χ0v) is 10.5. The summed E-state index contributed by atoms with van der Waals surface area (Å²) >= 11 is 3.52. The van der Waals surface area contributed by atoms with Crippen molar-refractivity contribution in [2.75, 3.05) is 5.32 Å². The summed E-state index contributed by atoms with van der Waals surface area (Å²) in [6.07, 6.45) is 5.38. The topological polar surface area (TPSA) is 37.8 Å². The highest BCUT2D eigenvalue weighted by atomic mass is 79.9. The van der Waals surface area contributed by atoms with Crippen molar-refractivity contribution in [2.45, 2.75) is 13.5 Å². The molecule has 2 aromatic heterocycles. The Morgan fingerprint density at radius 1 is 1.19 bits per heavy atom. The van der Waals surface area contributed by atoms with Gasteiger partial charge in [-0.2, -0.15) is 0 Å². The summed E-state index contributed by atoms with van der Waals surface area (Å²) in [7, 11) is 0. The van der Waals surface area contributed by atoms with Crippen LogP contribution in [0.3, 0.4) is 0 Å². The van der Waals surface area contributed by atoms with Crippen molar-refractivity contribution in [3.8, 4) is 0 Å². The molecule has 82 valence electrons. The van der Waals surface area contributed by atoms with E-state index in [1.54, 1.807) is 18.6 Å². The Morgan fingerprint density at radius 3 is 2.69 bits per heavy atom. The molecule has 0 fully saturated rings. The number of halogens is 1. The lowest BCUT2D eigenvalue weighted by atomic mass is 10.2. The first-order valence-electron chi connectivity index (χ1n) is 5.01. The van der Waals surface area contributed by atoms with Gasteiger partial charge in [0.05, 0.1) is 4.47 Å². The molecular formula is C12H12BrN3. The Kier molecular flexibility index (Phi) is 3.51. The second-order valence-corrected chi connectivity index (χ2v) is 4.29. The molecule has 2 aromatic rings. The number of nitrogens with one attached hydrogen (secondary N) is 1. The van der Waals surface area contributed by atoms with Crippen molar-refractivity contribution < 1.29 is 0 Å². The molecule has 1 N–H and O–H groups in total. The van der Waals surface area contributed by atoms with E-state index in [-0.39, 0.29) is 0 Å². The molecule has 0 amide bonds. The molecule has 0 radical (unpaired) electrons. The van der Waals surface area contributed by atoms with E-state index in [1.807, 2.05) is 25.1 Å². The predicted octanol–water partition coefficient (Wildman–Crippen LogP) is 3.16. The molecule has 0 aliphatic rings. The predicted molar refractivity (Wildman–Crippen MR) is 68.2 cm³/mol. The van der Waals surface area contributed by atoms with Crippen molar-refractivity contribution in [3.63, 3.8) is 0 Å². The molecule has 4 heteroatoms. The van der Waals surface area contributed by atoms with Crippen LogP contribution in [0.1, 0.15) is 11.1 Å². The lowest BCUT2D eigenvalue weighted by Crippen LogP contribution is -2.02. The maximum absolute atomic E-state index is 4.28. The number of hydrogen-bond acceptors (Lipinski definition) is 3. The van der Waals surface area contributed by atoms with Crippen LogP contribution in [0.25, 0.3) is 0 Å². The molecular weight excluding hydrogens is 266 g/mol. The van der Waals surface area contributed by atoms with Gasteiger partial charge >= 0.3 is 0 Å². The second kappa shape index (κ2) is 5.07. The Bertz CT molecular complexity index is 471. The van der Waals surface area contributed by atoms with E-state index in [0.29, 0.717) is 0 Å². The fourth-order valence-electron chi connectivity index (χ4n) is 1.35. The molecule has 0 aliphatic heterocycles. The summed E-state index contributed by atoms with van der Waals surface area (Å²) in [4.78, 5) is 8.26. The first-order valence-corrected chi connectivity index (χ1v) is 5.80. The highest BCUT2D eigenvalue weighted by Gasteiger charge is 2.02. The third kappa shape index (κ3) is 2.58. The van der Waals surface area contributed by atoms with Gasteiger partial charge in [0.1, 0.15) is 5.82 Å². The molecule has 0 bridgehead atoms. The number of pyridine rings is 2. The SMILES string of the molecule is Cc1ccnc(NCc2ccncc2)c1Br.